The maximum Gasteiger partial charge on any atom is 0.287 e. The lowest BCUT2D eigenvalue weighted by atomic mass is 10.2. The highest BCUT2D eigenvalue weighted by atomic mass is 16.5. The van der Waals surface area contributed by atoms with Crippen molar-refractivity contribution < 1.29 is 18.7 Å². The van der Waals surface area contributed by atoms with E-state index in [0.717, 1.165) is 17.1 Å². The molecule has 0 fully saturated rings. The van der Waals surface area contributed by atoms with Gasteiger partial charge in [-0.3, -0.25) is 4.79 Å². The third kappa shape index (κ3) is 4.02. The van der Waals surface area contributed by atoms with Crippen molar-refractivity contribution in [1.29, 1.82) is 0 Å². The van der Waals surface area contributed by atoms with Crippen molar-refractivity contribution in [2.75, 3.05) is 13.7 Å². The molecule has 0 aliphatic heterocycles. The van der Waals surface area contributed by atoms with Crippen LogP contribution in [0.1, 0.15) is 23.0 Å². The molecule has 5 heteroatoms. The van der Waals surface area contributed by atoms with Crippen LogP contribution in [0.15, 0.2) is 41.0 Å². The first-order chi connectivity index (χ1) is 10.1. The fraction of sp³-hybridized carbons (Fsp3) is 0.312. The van der Waals surface area contributed by atoms with Gasteiger partial charge in [-0.1, -0.05) is 0 Å². The number of aryl methyl sites for hydroxylation is 1. The van der Waals surface area contributed by atoms with E-state index in [-0.39, 0.29) is 12.0 Å². The molecule has 1 amide bonds. The van der Waals surface area contributed by atoms with Crippen molar-refractivity contribution in [2.24, 2.45) is 0 Å². The van der Waals surface area contributed by atoms with Gasteiger partial charge in [0.1, 0.15) is 17.6 Å². The molecule has 21 heavy (non-hydrogen) atoms. The minimum atomic E-state index is -0.234. The molecular weight excluding hydrogens is 270 g/mol. The van der Waals surface area contributed by atoms with Gasteiger partial charge in [0.25, 0.3) is 5.91 Å². The Kier molecular flexibility index (Phi) is 4.87. The maximum absolute atomic E-state index is 11.9. The SMILES string of the molecule is COc1ccc(O[C@H](C)CNC(=O)c2occc2C)cc1. The number of furan rings is 1. The number of carbonyl (C=O) groups is 1. The summed E-state index contributed by atoms with van der Waals surface area (Å²) >= 11 is 0. The molecule has 1 aromatic heterocycles. The van der Waals surface area contributed by atoms with Gasteiger partial charge in [-0.05, 0) is 44.2 Å². The molecule has 0 unspecified atom stereocenters. The number of amides is 1. The highest BCUT2D eigenvalue weighted by Gasteiger charge is 2.13. The maximum atomic E-state index is 11.9. The molecule has 1 atom stereocenters. The van der Waals surface area contributed by atoms with Crippen LogP contribution >= 0.6 is 0 Å². The lowest BCUT2D eigenvalue weighted by Gasteiger charge is -2.15. The molecule has 2 rings (SSSR count). The van der Waals surface area contributed by atoms with Crippen molar-refractivity contribution >= 4 is 5.91 Å². The second-order valence-corrected chi connectivity index (χ2v) is 4.75. The molecule has 1 heterocycles. The molecule has 0 saturated heterocycles. The van der Waals surface area contributed by atoms with Crippen LogP contribution in [-0.4, -0.2) is 25.7 Å². The van der Waals surface area contributed by atoms with Crippen LogP contribution in [0.4, 0.5) is 0 Å². The first kappa shape index (κ1) is 15.0. The summed E-state index contributed by atoms with van der Waals surface area (Å²) in [4.78, 5) is 11.9. The van der Waals surface area contributed by atoms with E-state index in [2.05, 4.69) is 5.32 Å². The molecule has 0 aliphatic rings. The van der Waals surface area contributed by atoms with Crippen LogP contribution in [0.25, 0.3) is 0 Å². The highest BCUT2D eigenvalue weighted by Crippen LogP contribution is 2.18. The number of nitrogens with one attached hydrogen (secondary N) is 1. The third-order valence-corrected chi connectivity index (χ3v) is 3.02. The molecule has 0 radical (unpaired) electrons. The summed E-state index contributed by atoms with van der Waals surface area (Å²) in [6.07, 6.45) is 1.35. The number of hydrogen-bond donors (Lipinski definition) is 1. The van der Waals surface area contributed by atoms with E-state index in [1.54, 1.807) is 13.2 Å². The average molecular weight is 289 g/mol. The van der Waals surface area contributed by atoms with Gasteiger partial charge >= 0.3 is 0 Å². The summed E-state index contributed by atoms with van der Waals surface area (Å²) in [5.41, 5.74) is 0.816. The van der Waals surface area contributed by atoms with E-state index in [1.807, 2.05) is 38.1 Å². The topological polar surface area (TPSA) is 60.7 Å². The van der Waals surface area contributed by atoms with Crippen LogP contribution < -0.4 is 14.8 Å². The average Bonchev–Trinajstić information content (AvgIpc) is 2.92. The lowest BCUT2D eigenvalue weighted by Crippen LogP contribution is -2.33. The number of rotatable bonds is 6. The third-order valence-electron chi connectivity index (χ3n) is 3.02. The van der Waals surface area contributed by atoms with E-state index in [1.165, 1.54) is 6.26 Å². The summed E-state index contributed by atoms with van der Waals surface area (Å²) in [5, 5.41) is 2.79. The van der Waals surface area contributed by atoms with Gasteiger partial charge in [0, 0.05) is 5.56 Å². The number of benzene rings is 1. The minimum absolute atomic E-state index is 0.155. The van der Waals surface area contributed by atoms with E-state index >= 15 is 0 Å². The molecule has 0 bridgehead atoms. The Bertz CT molecular complexity index is 589. The zero-order chi connectivity index (χ0) is 15.2. The summed E-state index contributed by atoms with van der Waals surface area (Å²) in [7, 11) is 1.62. The number of methoxy groups -OCH3 is 1. The van der Waals surface area contributed by atoms with Crippen LogP contribution in [0.5, 0.6) is 11.5 Å². The molecule has 0 aliphatic carbocycles. The van der Waals surface area contributed by atoms with Gasteiger partial charge in [0.15, 0.2) is 5.76 Å². The van der Waals surface area contributed by atoms with Crippen molar-refractivity contribution in [3.05, 3.63) is 47.9 Å². The molecule has 5 nitrogen and oxygen atoms in total. The predicted octanol–water partition coefficient (Wildman–Crippen LogP) is 2.79. The minimum Gasteiger partial charge on any atom is -0.497 e. The zero-order valence-electron chi connectivity index (χ0n) is 12.4. The fourth-order valence-corrected chi connectivity index (χ4v) is 1.85. The summed E-state index contributed by atoms with van der Waals surface area (Å²) in [6, 6.07) is 9.06. The van der Waals surface area contributed by atoms with Crippen LogP contribution in [0.3, 0.4) is 0 Å². The van der Waals surface area contributed by atoms with Gasteiger partial charge in [-0.25, -0.2) is 0 Å². The van der Waals surface area contributed by atoms with Gasteiger partial charge in [0.05, 0.1) is 19.9 Å². The Morgan fingerprint density at radius 3 is 2.48 bits per heavy atom. The van der Waals surface area contributed by atoms with Crippen molar-refractivity contribution in [2.45, 2.75) is 20.0 Å². The Labute approximate surface area is 123 Å². The van der Waals surface area contributed by atoms with E-state index in [9.17, 15) is 4.79 Å². The zero-order valence-corrected chi connectivity index (χ0v) is 12.4. The number of ether oxygens (including phenoxy) is 2. The van der Waals surface area contributed by atoms with Gasteiger partial charge < -0.3 is 19.2 Å². The quantitative estimate of drug-likeness (QED) is 0.888. The molecule has 1 aromatic carbocycles. The molecule has 1 N–H and O–H groups in total. The van der Waals surface area contributed by atoms with E-state index in [4.69, 9.17) is 13.9 Å². The van der Waals surface area contributed by atoms with Crippen LogP contribution in [0.2, 0.25) is 0 Å². The summed E-state index contributed by atoms with van der Waals surface area (Å²) in [6.45, 7) is 4.11. The number of hydrogen-bond acceptors (Lipinski definition) is 4. The molecule has 0 saturated carbocycles. The first-order valence-corrected chi connectivity index (χ1v) is 6.73. The Hall–Kier alpha value is -2.43. The van der Waals surface area contributed by atoms with Gasteiger partial charge in [-0.2, -0.15) is 0 Å². The molecule has 112 valence electrons. The predicted molar refractivity (Wildman–Crippen MR) is 78.9 cm³/mol. The summed E-state index contributed by atoms with van der Waals surface area (Å²) in [5.74, 6) is 1.61. The first-order valence-electron chi connectivity index (χ1n) is 6.73. The highest BCUT2D eigenvalue weighted by molar-refractivity contribution is 5.92. The standard InChI is InChI=1S/C16H19NO4/c1-11-8-9-20-15(11)16(18)17-10-12(2)21-14-6-4-13(19-3)5-7-14/h4-9,12H,10H2,1-3H3,(H,17,18)/t12-/m1/s1. The monoisotopic (exact) mass is 289 g/mol. The molecular formula is C16H19NO4. The van der Waals surface area contributed by atoms with Crippen molar-refractivity contribution in [3.8, 4) is 11.5 Å². The summed E-state index contributed by atoms with van der Waals surface area (Å²) < 4.78 is 15.9. The Morgan fingerprint density at radius 1 is 1.24 bits per heavy atom. The van der Waals surface area contributed by atoms with Crippen molar-refractivity contribution in [1.82, 2.24) is 5.32 Å². The Balaban J connectivity index is 1.83. The smallest absolute Gasteiger partial charge is 0.287 e. The van der Waals surface area contributed by atoms with Crippen LogP contribution in [0, 0.1) is 6.92 Å². The van der Waals surface area contributed by atoms with E-state index < -0.39 is 0 Å². The second kappa shape index (κ2) is 6.83. The van der Waals surface area contributed by atoms with Crippen LogP contribution in [-0.2, 0) is 0 Å². The van der Waals surface area contributed by atoms with E-state index in [0.29, 0.717) is 12.3 Å². The molecule has 0 spiro atoms. The lowest BCUT2D eigenvalue weighted by molar-refractivity contribution is 0.0903. The largest absolute Gasteiger partial charge is 0.497 e. The molecule has 2 aromatic rings. The van der Waals surface area contributed by atoms with Gasteiger partial charge in [0.2, 0.25) is 0 Å². The second-order valence-electron chi connectivity index (χ2n) is 4.75. The van der Waals surface area contributed by atoms with Gasteiger partial charge in [-0.15, -0.1) is 0 Å². The van der Waals surface area contributed by atoms with Crippen molar-refractivity contribution in [3.63, 3.8) is 0 Å². The Morgan fingerprint density at radius 2 is 1.90 bits per heavy atom. The number of carbonyl (C=O) groups excluding carboxylic acids is 1. The fourth-order valence-electron chi connectivity index (χ4n) is 1.85. The normalized spacial score (nSPS) is 11.8.